The molecule has 0 saturated heterocycles. The van der Waals surface area contributed by atoms with Crippen LogP contribution in [0.4, 0.5) is 0 Å². The molecule has 1 saturated carbocycles. The number of hydrogen-bond donors (Lipinski definition) is 0. The van der Waals surface area contributed by atoms with E-state index in [9.17, 15) is 0 Å². The first-order valence-corrected chi connectivity index (χ1v) is 7.64. The lowest BCUT2D eigenvalue weighted by atomic mass is 9.82. The fourth-order valence-corrected chi connectivity index (χ4v) is 3.80. The summed E-state index contributed by atoms with van der Waals surface area (Å²) in [6, 6.07) is 6.34. The van der Waals surface area contributed by atoms with Crippen molar-refractivity contribution in [1.29, 1.82) is 0 Å². The van der Waals surface area contributed by atoms with Crippen molar-refractivity contribution in [3.8, 4) is 11.5 Å². The molecule has 1 unspecified atom stereocenters. The van der Waals surface area contributed by atoms with Crippen molar-refractivity contribution in [2.45, 2.75) is 37.4 Å². The minimum absolute atomic E-state index is 0.379. The summed E-state index contributed by atoms with van der Waals surface area (Å²) >= 11 is 3.90. The van der Waals surface area contributed by atoms with Crippen molar-refractivity contribution in [1.82, 2.24) is 0 Å². The smallest absolute Gasteiger partial charge is 0.161 e. The zero-order valence-corrected chi connectivity index (χ0v) is 12.3. The van der Waals surface area contributed by atoms with Crippen LogP contribution < -0.4 is 9.47 Å². The predicted octanol–water partition coefficient (Wildman–Crippen LogP) is 4.47. The third-order valence-corrected chi connectivity index (χ3v) is 5.85. The van der Waals surface area contributed by atoms with E-state index in [4.69, 9.17) is 9.47 Å². The van der Waals surface area contributed by atoms with E-state index in [0.717, 1.165) is 11.5 Å². The molecule has 2 aliphatic rings. The fraction of sp³-hybridized carbons (Fsp3) is 0.600. The van der Waals surface area contributed by atoms with E-state index < -0.39 is 0 Å². The Bertz CT molecular complexity index is 438. The Morgan fingerprint density at radius 3 is 2.50 bits per heavy atom. The molecule has 0 N–H and O–H groups in total. The van der Waals surface area contributed by atoms with Gasteiger partial charge in [-0.1, -0.05) is 41.8 Å². The van der Waals surface area contributed by atoms with E-state index in [0.29, 0.717) is 23.5 Å². The van der Waals surface area contributed by atoms with Crippen LogP contribution in [0.3, 0.4) is 0 Å². The van der Waals surface area contributed by atoms with Crippen LogP contribution in [0.2, 0.25) is 0 Å². The largest absolute Gasteiger partial charge is 0.486 e. The number of alkyl halides is 1. The number of halogens is 1. The topological polar surface area (TPSA) is 18.5 Å². The molecule has 1 aromatic rings. The van der Waals surface area contributed by atoms with Gasteiger partial charge in [0.15, 0.2) is 11.5 Å². The normalized spacial score (nSPS) is 22.8. The van der Waals surface area contributed by atoms with Crippen molar-refractivity contribution in [3.63, 3.8) is 0 Å². The lowest BCUT2D eigenvalue weighted by molar-refractivity contribution is 0.171. The third kappa shape index (κ3) is 2.13. The summed E-state index contributed by atoms with van der Waals surface area (Å²) in [5, 5.41) is 0. The number of benzene rings is 1. The Hall–Kier alpha value is -0.700. The van der Waals surface area contributed by atoms with Crippen LogP contribution in [0.1, 0.15) is 43.0 Å². The van der Waals surface area contributed by atoms with Gasteiger partial charge < -0.3 is 9.47 Å². The standard InChI is InChI=1S/C15H19BrO2/c1-15(6-2-3-7-15)14(16)11-4-5-12-13(10-11)18-9-8-17-12/h4-5,10,14H,2-3,6-9H2,1H3. The highest BCUT2D eigenvalue weighted by Crippen LogP contribution is 2.52. The maximum atomic E-state index is 5.66. The fourth-order valence-electron chi connectivity index (χ4n) is 3.06. The molecule has 18 heavy (non-hydrogen) atoms. The van der Waals surface area contributed by atoms with Gasteiger partial charge in [-0.2, -0.15) is 0 Å². The first-order chi connectivity index (χ1) is 8.69. The Kier molecular flexibility index (Phi) is 3.27. The predicted molar refractivity (Wildman–Crippen MR) is 75.7 cm³/mol. The van der Waals surface area contributed by atoms with Gasteiger partial charge in [0.1, 0.15) is 13.2 Å². The highest BCUT2D eigenvalue weighted by molar-refractivity contribution is 9.09. The monoisotopic (exact) mass is 310 g/mol. The van der Waals surface area contributed by atoms with Gasteiger partial charge in [0.2, 0.25) is 0 Å². The zero-order valence-electron chi connectivity index (χ0n) is 10.7. The molecule has 1 fully saturated rings. The van der Waals surface area contributed by atoms with Crippen molar-refractivity contribution >= 4 is 15.9 Å². The maximum Gasteiger partial charge on any atom is 0.161 e. The van der Waals surface area contributed by atoms with E-state index in [1.165, 1.54) is 31.2 Å². The summed E-state index contributed by atoms with van der Waals surface area (Å²) < 4.78 is 11.2. The minimum Gasteiger partial charge on any atom is -0.486 e. The molecular weight excluding hydrogens is 292 g/mol. The minimum atomic E-state index is 0.379. The van der Waals surface area contributed by atoms with Gasteiger partial charge in [-0.25, -0.2) is 0 Å². The van der Waals surface area contributed by atoms with Gasteiger partial charge in [0.05, 0.1) is 0 Å². The molecule has 2 nitrogen and oxygen atoms in total. The van der Waals surface area contributed by atoms with E-state index in [2.05, 4.69) is 35.0 Å². The van der Waals surface area contributed by atoms with Crippen molar-refractivity contribution < 1.29 is 9.47 Å². The van der Waals surface area contributed by atoms with Crippen LogP contribution in [0.5, 0.6) is 11.5 Å². The number of hydrogen-bond acceptors (Lipinski definition) is 2. The van der Waals surface area contributed by atoms with Crippen LogP contribution >= 0.6 is 15.9 Å². The number of ether oxygens (including phenoxy) is 2. The third-order valence-electron chi connectivity index (χ3n) is 4.22. The van der Waals surface area contributed by atoms with Gasteiger partial charge in [-0.3, -0.25) is 0 Å². The summed E-state index contributed by atoms with van der Waals surface area (Å²) in [5.41, 5.74) is 1.69. The molecule has 0 spiro atoms. The summed E-state index contributed by atoms with van der Waals surface area (Å²) in [5.74, 6) is 1.77. The van der Waals surface area contributed by atoms with Gasteiger partial charge >= 0.3 is 0 Å². The molecular formula is C15H19BrO2. The lowest BCUT2D eigenvalue weighted by Gasteiger charge is -2.31. The molecule has 1 aliphatic carbocycles. The summed E-state index contributed by atoms with van der Waals surface area (Å²) in [4.78, 5) is 0.406. The Morgan fingerprint density at radius 1 is 1.11 bits per heavy atom. The molecule has 0 amide bonds. The van der Waals surface area contributed by atoms with E-state index in [1.807, 2.05) is 6.07 Å². The van der Waals surface area contributed by atoms with Gasteiger partial charge in [0.25, 0.3) is 0 Å². The molecule has 0 bridgehead atoms. The van der Waals surface area contributed by atoms with Crippen molar-refractivity contribution in [2.75, 3.05) is 13.2 Å². The first kappa shape index (κ1) is 12.3. The van der Waals surface area contributed by atoms with Crippen LogP contribution in [0.25, 0.3) is 0 Å². The quantitative estimate of drug-likeness (QED) is 0.750. The SMILES string of the molecule is CC1(C(Br)c2ccc3c(c2)OCCO3)CCCC1. The summed E-state index contributed by atoms with van der Waals surface area (Å²) in [7, 11) is 0. The second-order valence-electron chi connectivity index (χ2n) is 5.63. The van der Waals surface area contributed by atoms with Crippen LogP contribution in [-0.4, -0.2) is 13.2 Å². The number of fused-ring (bicyclic) bond motifs is 1. The van der Waals surface area contributed by atoms with Gasteiger partial charge in [-0.15, -0.1) is 0 Å². The maximum absolute atomic E-state index is 5.66. The lowest BCUT2D eigenvalue weighted by Crippen LogP contribution is -2.19. The molecule has 3 rings (SSSR count). The molecule has 1 atom stereocenters. The van der Waals surface area contributed by atoms with Crippen LogP contribution in [0, 0.1) is 5.41 Å². The van der Waals surface area contributed by atoms with Gasteiger partial charge in [-0.05, 0) is 36.0 Å². The first-order valence-electron chi connectivity index (χ1n) is 6.73. The molecule has 0 radical (unpaired) electrons. The Balaban J connectivity index is 1.87. The Labute approximate surface area is 117 Å². The average Bonchev–Trinajstić information content (AvgIpc) is 2.85. The molecule has 1 heterocycles. The van der Waals surface area contributed by atoms with Crippen LogP contribution in [-0.2, 0) is 0 Å². The summed E-state index contributed by atoms with van der Waals surface area (Å²) in [6.45, 7) is 3.69. The Morgan fingerprint density at radius 2 is 1.78 bits per heavy atom. The highest BCUT2D eigenvalue weighted by Gasteiger charge is 2.36. The molecule has 3 heteroatoms. The molecule has 1 aliphatic heterocycles. The second kappa shape index (κ2) is 4.76. The van der Waals surface area contributed by atoms with Crippen LogP contribution in [0.15, 0.2) is 18.2 Å². The average molecular weight is 311 g/mol. The van der Waals surface area contributed by atoms with E-state index in [-0.39, 0.29) is 0 Å². The molecule has 1 aromatic carbocycles. The number of rotatable bonds is 2. The van der Waals surface area contributed by atoms with E-state index >= 15 is 0 Å². The van der Waals surface area contributed by atoms with Gasteiger partial charge in [0, 0.05) is 4.83 Å². The second-order valence-corrected chi connectivity index (χ2v) is 6.54. The highest BCUT2D eigenvalue weighted by atomic mass is 79.9. The van der Waals surface area contributed by atoms with Crippen molar-refractivity contribution in [3.05, 3.63) is 23.8 Å². The van der Waals surface area contributed by atoms with E-state index in [1.54, 1.807) is 0 Å². The zero-order chi connectivity index (χ0) is 12.6. The summed E-state index contributed by atoms with van der Waals surface area (Å²) in [6.07, 6.45) is 5.31. The van der Waals surface area contributed by atoms with Crippen molar-refractivity contribution in [2.24, 2.45) is 5.41 Å². The molecule has 98 valence electrons. The molecule has 0 aromatic heterocycles.